The van der Waals surface area contributed by atoms with Gasteiger partial charge in [-0.1, -0.05) is 48.5 Å². The molecule has 1 heterocycles. The van der Waals surface area contributed by atoms with Crippen molar-refractivity contribution >= 4 is 11.5 Å². The molecular weight excluding hydrogens is 262 g/mol. The number of anilines is 1. The lowest BCUT2D eigenvalue weighted by Gasteiger charge is -2.25. The molecule has 0 aliphatic carbocycles. The molecule has 0 radical (unpaired) electrons. The molecule has 1 N–H and O–H groups in total. The second-order valence-corrected chi connectivity index (χ2v) is 5.59. The molecule has 0 aromatic heterocycles. The molecule has 0 fully saturated rings. The Morgan fingerprint density at radius 1 is 1.19 bits per heavy atom. The lowest BCUT2D eigenvalue weighted by molar-refractivity contribution is -0.126. The first-order valence-electron chi connectivity index (χ1n) is 7.27. The minimum absolute atomic E-state index is 0.162. The Hall–Kier alpha value is -2.13. The summed E-state index contributed by atoms with van der Waals surface area (Å²) >= 11 is 0. The van der Waals surface area contributed by atoms with Gasteiger partial charge in [0, 0.05) is 11.7 Å². The number of para-hydroxylation sites is 1. The van der Waals surface area contributed by atoms with E-state index in [0.717, 1.165) is 12.1 Å². The van der Waals surface area contributed by atoms with Gasteiger partial charge in [0.15, 0.2) is 5.78 Å². The van der Waals surface area contributed by atoms with E-state index in [2.05, 4.69) is 17.9 Å². The molecule has 1 aliphatic heterocycles. The quantitative estimate of drug-likeness (QED) is 0.937. The van der Waals surface area contributed by atoms with E-state index in [1.54, 1.807) is 12.1 Å². The van der Waals surface area contributed by atoms with Gasteiger partial charge in [0.1, 0.15) is 6.10 Å². The number of carbonyl (C=O) groups is 1. The first-order chi connectivity index (χ1) is 10.2. The molecule has 3 nitrogen and oxygen atoms in total. The Morgan fingerprint density at radius 2 is 1.86 bits per heavy atom. The van der Waals surface area contributed by atoms with Gasteiger partial charge in [0.05, 0.1) is 6.54 Å². The van der Waals surface area contributed by atoms with E-state index in [1.165, 1.54) is 5.56 Å². The SMILES string of the molecule is CC1Cc2ccccc2N1CC(=O)C(O)c1ccccc1. The molecule has 0 amide bonds. The van der Waals surface area contributed by atoms with Gasteiger partial charge in [0.25, 0.3) is 0 Å². The maximum atomic E-state index is 12.4. The molecule has 21 heavy (non-hydrogen) atoms. The maximum absolute atomic E-state index is 12.4. The molecule has 0 bridgehead atoms. The Bertz CT molecular complexity index is 639. The standard InChI is InChI=1S/C18H19NO2/c1-13-11-15-9-5-6-10-16(15)19(13)12-17(20)18(21)14-7-3-2-4-8-14/h2-10,13,18,21H,11-12H2,1H3. The van der Waals surface area contributed by atoms with Crippen LogP contribution in [0.1, 0.15) is 24.2 Å². The van der Waals surface area contributed by atoms with Crippen LogP contribution in [0.25, 0.3) is 0 Å². The summed E-state index contributed by atoms with van der Waals surface area (Å²) in [6.45, 7) is 2.36. The minimum atomic E-state index is -1.05. The third kappa shape index (κ3) is 2.69. The number of nitrogens with zero attached hydrogens (tertiary/aromatic N) is 1. The van der Waals surface area contributed by atoms with Gasteiger partial charge < -0.3 is 10.0 Å². The molecule has 2 aromatic rings. The van der Waals surface area contributed by atoms with Crippen LogP contribution in [0.3, 0.4) is 0 Å². The van der Waals surface area contributed by atoms with E-state index in [4.69, 9.17) is 0 Å². The molecular formula is C18H19NO2. The fourth-order valence-electron chi connectivity index (χ4n) is 2.95. The highest BCUT2D eigenvalue weighted by Gasteiger charge is 2.29. The zero-order valence-corrected chi connectivity index (χ0v) is 12.1. The summed E-state index contributed by atoms with van der Waals surface area (Å²) < 4.78 is 0. The van der Waals surface area contributed by atoms with Gasteiger partial charge in [-0.2, -0.15) is 0 Å². The Balaban J connectivity index is 1.76. The van der Waals surface area contributed by atoms with Crippen molar-refractivity contribution in [1.29, 1.82) is 0 Å². The number of aliphatic hydroxyl groups excluding tert-OH is 1. The van der Waals surface area contributed by atoms with Crippen LogP contribution in [-0.4, -0.2) is 23.5 Å². The predicted octanol–water partition coefficient (Wildman–Crippen LogP) is 2.74. The van der Waals surface area contributed by atoms with Crippen molar-refractivity contribution in [2.75, 3.05) is 11.4 Å². The van der Waals surface area contributed by atoms with Crippen LogP contribution in [-0.2, 0) is 11.2 Å². The summed E-state index contributed by atoms with van der Waals surface area (Å²) in [5.74, 6) is -0.162. The lowest BCUT2D eigenvalue weighted by atomic mass is 10.1. The monoisotopic (exact) mass is 281 g/mol. The third-order valence-corrected chi connectivity index (χ3v) is 4.09. The number of ketones is 1. The largest absolute Gasteiger partial charge is 0.380 e. The first kappa shape index (κ1) is 13.8. The van der Waals surface area contributed by atoms with Crippen molar-refractivity contribution < 1.29 is 9.90 Å². The highest BCUT2D eigenvalue weighted by atomic mass is 16.3. The maximum Gasteiger partial charge on any atom is 0.184 e. The molecule has 3 heteroatoms. The summed E-state index contributed by atoms with van der Waals surface area (Å²) in [7, 11) is 0. The van der Waals surface area contributed by atoms with Crippen molar-refractivity contribution in [2.24, 2.45) is 0 Å². The van der Waals surface area contributed by atoms with Gasteiger partial charge >= 0.3 is 0 Å². The number of benzene rings is 2. The molecule has 0 spiro atoms. The third-order valence-electron chi connectivity index (χ3n) is 4.09. The number of aliphatic hydroxyl groups is 1. The van der Waals surface area contributed by atoms with Gasteiger partial charge in [-0.05, 0) is 30.5 Å². The number of hydrogen-bond donors (Lipinski definition) is 1. The van der Waals surface area contributed by atoms with Crippen LogP contribution in [0.15, 0.2) is 54.6 Å². The summed E-state index contributed by atoms with van der Waals surface area (Å²) in [6.07, 6.45) is -0.101. The molecule has 2 atom stereocenters. The normalized spacial score (nSPS) is 18.4. The van der Waals surface area contributed by atoms with Crippen molar-refractivity contribution in [3.63, 3.8) is 0 Å². The number of rotatable bonds is 4. The van der Waals surface area contributed by atoms with E-state index in [-0.39, 0.29) is 18.4 Å². The van der Waals surface area contributed by atoms with Crippen molar-refractivity contribution in [2.45, 2.75) is 25.5 Å². The number of Topliss-reactive ketones (excluding diaryl/α,β-unsaturated/α-hetero) is 1. The minimum Gasteiger partial charge on any atom is -0.380 e. The smallest absolute Gasteiger partial charge is 0.184 e. The van der Waals surface area contributed by atoms with E-state index in [1.807, 2.05) is 36.4 Å². The van der Waals surface area contributed by atoms with Crippen LogP contribution >= 0.6 is 0 Å². The Labute approximate surface area is 124 Å². The lowest BCUT2D eigenvalue weighted by Crippen LogP contribution is -2.36. The number of carbonyl (C=O) groups excluding carboxylic acids is 1. The first-order valence-corrected chi connectivity index (χ1v) is 7.27. The second kappa shape index (κ2) is 5.70. The van der Waals surface area contributed by atoms with Crippen LogP contribution < -0.4 is 4.90 Å². The Morgan fingerprint density at radius 3 is 2.62 bits per heavy atom. The van der Waals surface area contributed by atoms with Crippen LogP contribution in [0.4, 0.5) is 5.69 Å². The van der Waals surface area contributed by atoms with E-state index in [9.17, 15) is 9.90 Å². The van der Waals surface area contributed by atoms with Gasteiger partial charge in [-0.3, -0.25) is 4.79 Å². The molecule has 2 unspecified atom stereocenters. The average Bonchev–Trinajstić information content (AvgIpc) is 2.83. The van der Waals surface area contributed by atoms with Crippen LogP contribution in [0, 0.1) is 0 Å². The van der Waals surface area contributed by atoms with E-state index in [0.29, 0.717) is 5.56 Å². The predicted molar refractivity (Wildman–Crippen MR) is 83.4 cm³/mol. The fourth-order valence-corrected chi connectivity index (χ4v) is 2.95. The van der Waals surface area contributed by atoms with Gasteiger partial charge in [-0.15, -0.1) is 0 Å². The summed E-state index contributed by atoms with van der Waals surface area (Å²) in [4.78, 5) is 14.5. The summed E-state index contributed by atoms with van der Waals surface area (Å²) in [6, 6.07) is 17.5. The molecule has 3 rings (SSSR count). The summed E-state index contributed by atoms with van der Waals surface area (Å²) in [5.41, 5.74) is 3.04. The zero-order valence-electron chi connectivity index (χ0n) is 12.1. The van der Waals surface area contributed by atoms with Crippen molar-refractivity contribution in [1.82, 2.24) is 0 Å². The molecule has 0 saturated carbocycles. The number of fused-ring (bicyclic) bond motifs is 1. The van der Waals surface area contributed by atoms with Crippen LogP contribution in [0.2, 0.25) is 0 Å². The number of hydrogen-bond acceptors (Lipinski definition) is 3. The van der Waals surface area contributed by atoms with E-state index >= 15 is 0 Å². The highest BCUT2D eigenvalue weighted by molar-refractivity contribution is 5.89. The summed E-state index contributed by atoms with van der Waals surface area (Å²) in [5, 5.41) is 10.2. The van der Waals surface area contributed by atoms with Crippen LogP contribution in [0.5, 0.6) is 0 Å². The van der Waals surface area contributed by atoms with Crippen molar-refractivity contribution in [3.05, 3.63) is 65.7 Å². The Kier molecular flexibility index (Phi) is 3.76. The molecule has 1 aliphatic rings. The highest BCUT2D eigenvalue weighted by Crippen LogP contribution is 2.32. The molecule has 0 saturated heterocycles. The van der Waals surface area contributed by atoms with E-state index < -0.39 is 6.10 Å². The topological polar surface area (TPSA) is 40.5 Å². The fraction of sp³-hybridized carbons (Fsp3) is 0.278. The zero-order chi connectivity index (χ0) is 14.8. The van der Waals surface area contributed by atoms with Crippen molar-refractivity contribution in [3.8, 4) is 0 Å². The average molecular weight is 281 g/mol. The molecule has 2 aromatic carbocycles. The second-order valence-electron chi connectivity index (χ2n) is 5.59. The molecule has 108 valence electrons. The van der Waals surface area contributed by atoms with Gasteiger partial charge in [0.2, 0.25) is 0 Å². The van der Waals surface area contributed by atoms with Gasteiger partial charge in [-0.25, -0.2) is 0 Å².